The Hall–Kier alpha value is -1.87. The number of aromatic nitrogens is 1. The smallest absolute Gasteiger partial charge is 0.255 e. The van der Waals surface area contributed by atoms with E-state index in [1.165, 1.54) is 0 Å². The van der Waals surface area contributed by atoms with E-state index >= 15 is 0 Å². The van der Waals surface area contributed by atoms with Gasteiger partial charge in [0.05, 0.1) is 6.04 Å². The summed E-state index contributed by atoms with van der Waals surface area (Å²) in [6.45, 7) is 4.15. The van der Waals surface area contributed by atoms with E-state index in [0.717, 1.165) is 11.3 Å². The van der Waals surface area contributed by atoms with Crippen LogP contribution in [0.25, 0.3) is 0 Å². The van der Waals surface area contributed by atoms with Crippen molar-refractivity contribution in [3.05, 3.63) is 69.6 Å². The van der Waals surface area contributed by atoms with Crippen LogP contribution in [0.5, 0.6) is 0 Å². The number of hydrogen-bond donors (Lipinski definition) is 1. The van der Waals surface area contributed by atoms with Gasteiger partial charge in [0, 0.05) is 18.3 Å². The number of nitrogens with zero attached hydrogens (tertiary/aromatic N) is 1. The van der Waals surface area contributed by atoms with Crippen molar-refractivity contribution in [3.63, 3.8) is 0 Å². The summed E-state index contributed by atoms with van der Waals surface area (Å²) in [5.74, 6) is 0.319. The maximum atomic E-state index is 12.4. The molecule has 2 N–H and O–H groups in total. The van der Waals surface area contributed by atoms with Crippen LogP contribution in [0.2, 0.25) is 0 Å². The van der Waals surface area contributed by atoms with E-state index in [9.17, 15) is 4.79 Å². The maximum Gasteiger partial charge on any atom is 0.255 e. The van der Waals surface area contributed by atoms with Crippen molar-refractivity contribution in [3.8, 4) is 0 Å². The molecule has 100 valence electrons. The lowest BCUT2D eigenvalue weighted by atomic mass is 9.99. The van der Waals surface area contributed by atoms with Gasteiger partial charge < -0.3 is 10.3 Å². The predicted molar refractivity (Wildman–Crippen MR) is 78.2 cm³/mol. The highest BCUT2D eigenvalue weighted by Gasteiger charge is 2.15. The molecule has 1 aromatic heterocycles. The second kappa shape index (κ2) is 5.41. The summed E-state index contributed by atoms with van der Waals surface area (Å²) in [5.41, 5.74) is 8.80. The summed E-state index contributed by atoms with van der Waals surface area (Å²) in [4.78, 5) is 12.4. The molecule has 0 saturated heterocycles. The number of rotatable bonds is 3. The van der Waals surface area contributed by atoms with Gasteiger partial charge in [-0.15, -0.1) is 0 Å². The van der Waals surface area contributed by atoms with E-state index < -0.39 is 0 Å². The van der Waals surface area contributed by atoms with Crippen LogP contribution in [0.4, 0.5) is 0 Å². The lowest BCUT2D eigenvalue weighted by Gasteiger charge is -2.16. The third kappa shape index (κ3) is 2.61. The summed E-state index contributed by atoms with van der Waals surface area (Å²) < 4.78 is 1.70. The molecule has 0 aliphatic heterocycles. The van der Waals surface area contributed by atoms with Gasteiger partial charge in [0.25, 0.3) is 5.56 Å². The zero-order valence-electron chi connectivity index (χ0n) is 11.6. The Balaban J connectivity index is 2.48. The fraction of sp³-hybridized carbons (Fsp3) is 0.312. The van der Waals surface area contributed by atoms with Crippen molar-refractivity contribution in [1.82, 2.24) is 4.57 Å². The molecule has 1 heterocycles. The van der Waals surface area contributed by atoms with Gasteiger partial charge in [0.2, 0.25) is 0 Å². The molecule has 1 aromatic carbocycles. The highest BCUT2D eigenvalue weighted by molar-refractivity contribution is 5.31. The Bertz CT molecular complexity index is 614. The highest BCUT2D eigenvalue weighted by atomic mass is 16.1. The Morgan fingerprint density at radius 3 is 2.26 bits per heavy atom. The van der Waals surface area contributed by atoms with Crippen molar-refractivity contribution >= 4 is 0 Å². The topological polar surface area (TPSA) is 48.0 Å². The van der Waals surface area contributed by atoms with E-state index in [1.807, 2.05) is 42.5 Å². The van der Waals surface area contributed by atoms with E-state index in [4.69, 9.17) is 5.73 Å². The van der Waals surface area contributed by atoms with Crippen molar-refractivity contribution in [1.29, 1.82) is 0 Å². The highest BCUT2D eigenvalue weighted by Crippen LogP contribution is 2.18. The number of pyridine rings is 1. The fourth-order valence-electron chi connectivity index (χ4n) is 2.33. The van der Waals surface area contributed by atoms with E-state index in [1.54, 1.807) is 11.6 Å². The number of nitrogens with two attached hydrogens (primary N) is 1. The monoisotopic (exact) mass is 256 g/mol. The summed E-state index contributed by atoms with van der Waals surface area (Å²) in [6, 6.07) is 13.2. The lowest BCUT2D eigenvalue weighted by molar-refractivity contribution is 0.688. The fourth-order valence-corrected chi connectivity index (χ4v) is 2.33. The molecule has 0 spiro atoms. The summed E-state index contributed by atoms with van der Waals surface area (Å²) >= 11 is 0. The van der Waals surface area contributed by atoms with Crippen LogP contribution in [0.3, 0.4) is 0 Å². The average molecular weight is 256 g/mol. The molecule has 2 aromatic rings. The second-order valence-corrected chi connectivity index (χ2v) is 5.12. The van der Waals surface area contributed by atoms with Crippen molar-refractivity contribution in [2.45, 2.75) is 25.8 Å². The molecule has 3 nitrogen and oxygen atoms in total. The van der Waals surface area contributed by atoms with Gasteiger partial charge in [-0.1, -0.05) is 44.2 Å². The molecular formula is C16H20N2O. The first-order valence-electron chi connectivity index (χ1n) is 6.52. The first-order chi connectivity index (χ1) is 9.02. The Morgan fingerprint density at radius 1 is 1.05 bits per heavy atom. The molecular weight excluding hydrogens is 236 g/mol. The normalized spacial score (nSPS) is 12.7. The standard InChI is InChI=1S/C16H20N2O/c1-11(2)14-10-9-13(16(19)18(14)3)15(17)12-7-5-4-6-8-12/h4-11,15H,17H2,1-3H3. The third-order valence-corrected chi connectivity index (χ3v) is 3.46. The van der Waals surface area contributed by atoms with Gasteiger partial charge >= 0.3 is 0 Å². The zero-order valence-corrected chi connectivity index (χ0v) is 11.6. The van der Waals surface area contributed by atoms with E-state index in [-0.39, 0.29) is 11.6 Å². The second-order valence-electron chi connectivity index (χ2n) is 5.12. The predicted octanol–water partition coefficient (Wildman–Crippen LogP) is 2.56. The molecule has 2 rings (SSSR count). The van der Waals surface area contributed by atoms with Crippen molar-refractivity contribution in [2.24, 2.45) is 12.8 Å². The van der Waals surface area contributed by atoms with E-state index in [0.29, 0.717) is 11.5 Å². The van der Waals surface area contributed by atoms with Gasteiger partial charge in [-0.2, -0.15) is 0 Å². The molecule has 0 aliphatic carbocycles. The quantitative estimate of drug-likeness (QED) is 0.917. The van der Waals surface area contributed by atoms with Crippen molar-refractivity contribution < 1.29 is 0 Å². The minimum Gasteiger partial charge on any atom is -0.320 e. The molecule has 0 fully saturated rings. The van der Waals surface area contributed by atoms with Crippen LogP contribution in [-0.2, 0) is 7.05 Å². The largest absolute Gasteiger partial charge is 0.320 e. The van der Waals surface area contributed by atoms with Crippen LogP contribution < -0.4 is 11.3 Å². The van der Waals surface area contributed by atoms with Gasteiger partial charge in [0.15, 0.2) is 0 Å². The molecule has 0 amide bonds. The summed E-state index contributed by atoms with van der Waals surface area (Å²) in [7, 11) is 1.80. The first kappa shape index (κ1) is 13.6. The Morgan fingerprint density at radius 2 is 1.68 bits per heavy atom. The molecule has 19 heavy (non-hydrogen) atoms. The third-order valence-electron chi connectivity index (χ3n) is 3.46. The van der Waals surface area contributed by atoms with Gasteiger partial charge in [-0.05, 0) is 23.6 Å². The van der Waals surface area contributed by atoms with Crippen molar-refractivity contribution in [2.75, 3.05) is 0 Å². The molecule has 0 saturated carbocycles. The molecule has 3 heteroatoms. The average Bonchev–Trinajstić information content (AvgIpc) is 2.41. The van der Waals surface area contributed by atoms with Crippen LogP contribution in [-0.4, -0.2) is 4.57 Å². The van der Waals surface area contributed by atoms with E-state index in [2.05, 4.69) is 13.8 Å². The van der Waals surface area contributed by atoms with Crippen LogP contribution in [0.15, 0.2) is 47.3 Å². The lowest BCUT2D eigenvalue weighted by Crippen LogP contribution is -2.29. The van der Waals surface area contributed by atoms with Gasteiger partial charge in [-0.3, -0.25) is 4.79 Å². The first-order valence-corrected chi connectivity index (χ1v) is 6.52. The summed E-state index contributed by atoms with van der Waals surface area (Å²) in [6.07, 6.45) is 0. The van der Waals surface area contributed by atoms with Crippen LogP contribution >= 0.6 is 0 Å². The SMILES string of the molecule is CC(C)c1ccc(C(N)c2ccccc2)c(=O)n1C. The molecule has 0 bridgehead atoms. The molecule has 1 atom stereocenters. The molecule has 1 unspecified atom stereocenters. The Labute approximate surface area is 113 Å². The number of benzene rings is 1. The minimum atomic E-state index is -0.374. The zero-order chi connectivity index (χ0) is 14.0. The van der Waals surface area contributed by atoms with Gasteiger partial charge in [-0.25, -0.2) is 0 Å². The minimum absolute atomic E-state index is 0.0115. The maximum absolute atomic E-state index is 12.4. The summed E-state index contributed by atoms with van der Waals surface area (Å²) in [5, 5.41) is 0. The number of hydrogen-bond acceptors (Lipinski definition) is 2. The Kier molecular flexibility index (Phi) is 3.86. The molecule has 0 aliphatic rings. The van der Waals surface area contributed by atoms with Crippen LogP contribution in [0, 0.1) is 0 Å². The van der Waals surface area contributed by atoms with Gasteiger partial charge in [0.1, 0.15) is 0 Å². The molecule has 0 radical (unpaired) electrons. The van der Waals surface area contributed by atoms with Crippen LogP contribution in [0.1, 0.15) is 42.6 Å².